The topological polar surface area (TPSA) is 56.7 Å². The average Bonchev–Trinajstić information content (AvgIpc) is 2.86. The van der Waals surface area contributed by atoms with Gasteiger partial charge in [-0.3, -0.25) is 0 Å². The zero-order valence-electron chi connectivity index (χ0n) is 9.56. The second kappa shape index (κ2) is 4.31. The minimum absolute atomic E-state index is 0.134. The largest absolute Gasteiger partial charge is 0.327 e. The molecular formula is C11H20N4. The predicted octanol–water partition coefficient (Wildman–Crippen LogP) is 1.84. The molecule has 0 bridgehead atoms. The Morgan fingerprint density at radius 1 is 1.40 bits per heavy atom. The van der Waals surface area contributed by atoms with Gasteiger partial charge in [-0.1, -0.05) is 19.8 Å². The van der Waals surface area contributed by atoms with Gasteiger partial charge in [0.25, 0.3) is 0 Å². The Morgan fingerprint density at radius 3 is 2.67 bits per heavy atom. The first kappa shape index (κ1) is 10.6. The lowest BCUT2D eigenvalue weighted by atomic mass is 10.0. The first-order valence-corrected chi connectivity index (χ1v) is 5.85. The molecule has 1 aliphatic rings. The lowest BCUT2D eigenvalue weighted by molar-refractivity contribution is 0.462. The Kier molecular flexibility index (Phi) is 3.05. The molecule has 1 heterocycles. The molecule has 0 saturated heterocycles. The summed E-state index contributed by atoms with van der Waals surface area (Å²) in [6.45, 7) is 4.15. The van der Waals surface area contributed by atoms with Gasteiger partial charge in [-0.15, -0.1) is 10.2 Å². The molecule has 2 rings (SSSR count). The van der Waals surface area contributed by atoms with Gasteiger partial charge in [-0.2, -0.15) is 0 Å². The highest BCUT2D eigenvalue weighted by molar-refractivity contribution is 5.00. The quantitative estimate of drug-likeness (QED) is 0.824. The van der Waals surface area contributed by atoms with Crippen molar-refractivity contribution >= 4 is 0 Å². The monoisotopic (exact) mass is 208 g/mol. The Labute approximate surface area is 90.9 Å². The zero-order valence-corrected chi connectivity index (χ0v) is 9.56. The van der Waals surface area contributed by atoms with Gasteiger partial charge < -0.3 is 10.3 Å². The lowest BCUT2D eigenvalue weighted by Gasteiger charge is -2.19. The highest BCUT2D eigenvalue weighted by atomic mass is 15.3. The Bertz CT molecular complexity index is 296. The SMILES string of the molecule is CC(N)C(C)c1nncn1C1CCCC1. The van der Waals surface area contributed by atoms with Gasteiger partial charge in [0.15, 0.2) is 0 Å². The fourth-order valence-corrected chi connectivity index (χ4v) is 2.28. The van der Waals surface area contributed by atoms with Crippen LogP contribution in [0.4, 0.5) is 0 Å². The fourth-order valence-electron chi connectivity index (χ4n) is 2.28. The number of hydrogen-bond donors (Lipinski definition) is 1. The van der Waals surface area contributed by atoms with Crippen molar-refractivity contribution in [1.29, 1.82) is 0 Å². The maximum absolute atomic E-state index is 5.91. The number of nitrogens with zero attached hydrogens (tertiary/aromatic N) is 3. The van der Waals surface area contributed by atoms with Gasteiger partial charge in [-0.25, -0.2) is 0 Å². The third-order valence-corrected chi connectivity index (χ3v) is 3.51. The van der Waals surface area contributed by atoms with E-state index in [0.717, 1.165) is 5.82 Å². The van der Waals surface area contributed by atoms with E-state index in [9.17, 15) is 0 Å². The van der Waals surface area contributed by atoms with E-state index in [1.807, 2.05) is 13.3 Å². The molecule has 2 N–H and O–H groups in total. The summed E-state index contributed by atoms with van der Waals surface area (Å²) in [7, 11) is 0. The van der Waals surface area contributed by atoms with Crippen molar-refractivity contribution in [1.82, 2.24) is 14.8 Å². The third kappa shape index (κ3) is 2.04. The number of aromatic nitrogens is 3. The van der Waals surface area contributed by atoms with Crippen LogP contribution < -0.4 is 5.73 Å². The molecule has 1 aromatic rings. The van der Waals surface area contributed by atoms with Crippen molar-refractivity contribution < 1.29 is 0 Å². The summed E-state index contributed by atoms with van der Waals surface area (Å²) in [6, 6.07) is 0.741. The maximum Gasteiger partial charge on any atom is 0.137 e. The molecule has 0 radical (unpaired) electrons. The van der Waals surface area contributed by atoms with Crippen LogP contribution in [0.2, 0.25) is 0 Å². The smallest absolute Gasteiger partial charge is 0.137 e. The average molecular weight is 208 g/mol. The van der Waals surface area contributed by atoms with E-state index < -0.39 is 0 Å². The van der Waals surface area contributed by atoms with E-state index in [1.165, 1.54) is 25.7 Å². The molecule has 1 aliphatic carbocycles. The molecule has 0 aromatic carbocycles. The summed E-state index contributed by atoms with van der Waals surface area (Å²) in [6.07, 6.45) is 7.04. The fraction of sp³-hybridized carbons (Fsp3) is 0.818. The highest BCUT2D eigenvalue weighted by Gasteiger charge is 2.23. The van der Waals surface area contributed by atoms with E-state index >= 15 is 0 Å². The standard InChI is InChI=1S/C11H20N4/c1-8(9(2)12)11-14-13-7-15(11)10-5-3-4-6-10/h7-10H,3-6,12H2,1-2H3. The second-order valence-electron chi connectivity index (χ2n) is 4.68. The molecule has 2 atom stereocenters. The summed E-state index contributed by atoms with van der Waals surface area (Å²) in [5, 5.41) is 8.24. The Hall–Kier alpha value is -0.900. The normalized spacial score (nSPS) is 21.8. The van der Waals surface area contributed by atoms with Gasteiger partial charge in [0.2, 0.25) is 0 Å². The van der Waals surface area contributed by atoms with Crippen LogP contribution in [-0.4, -0.2) is 20.8 Å². The van der Waals surface area contributed by atoms with Gasteiger partial charge in [0.1, 0.15) is 12.2 Å². The molecular weight excluding hydrogens is 188 g/mol. The summed E-state index contributed by atoms with van der Waals surface area (Å²) in [4.78, 5) is 0. The summed E-state index contributed by atoms with van der Waals surface area (Å²) >= 11 is 0. The van der Waals surface area contributed by atoms with Gasteiger partial charge in [-0.05, 0) is 19.8 Å². The van der Waals surface area contributed by atoms with Crippen LogP contribution in [0, 0.1) is 0 Å². The molecule has 1 saturated carbocycles. The predicted molar refractivity (Wildman–Crippen MR) is 59.6 cm³/mol. The minimum atomic E-state index is 0.134. The number of rotatable bonds is 3. The van der Waals surface area contributed by atoms with E-state index in [1.54, 1.807) is 0 Å². The Morgan fingerprint density at radius 2 is 2.07 bits per heavy atom. The summed E-state index contributed by atoms with van der Waals surface area (Å²) in [5.74, 6) is 1.34. The van der Waals surface area contributed by atoms with Crippen LogP contribution in [0.25, 0.3) is 0 Å². The molecule has 1 aromatic heterocycles. The molecule has 15 heavy (non-hydrogen) atoms. The molecule has 84 valence electrons. The molecule has 1 fully saturated rings. The first-order chi connectivity index (χ1) is 7.20. The van der Waals surface area contributed by atoms with Gasteiger partial charge in [0, 0.05) is 18.0 Å². The first-order valence-electron chi connectivity index (χ1n) is 5.85. The second-order valence-corrected chi connectivity index (χ2v) is 4.68. The molecule has 0 amide bonds. The Balaban J connectivity index is 2.21. The molecule has 0 spiro atoms. The van der Waals surface area contributed by atoms with Crippen molar-refractivity contribution in [2.45, 2.75) is 57.5 Å². The van der Waals surface area contributed by atoms with Gasteiger partial charge >= 0.3 is 0 Å². The van der Waals surface area contributed by atoms with Crippen molar-refractivity contribution in [2.24, 2.45) is 5.73 Å². The highest BCUT2D eigenvalue weighted by Crippen LogP contribution is 2.31. The van der Waals surface area contributed by atoms with Crippen molar-refractivity contribution in [3.63, 3.8) is 0 Å². The van der Waals surface area contributed by atoms with Gasteiger partial charge in [0.05, 0.1) is 0 Å². The molecule has 4 heteroatoms. The molecule has 0 aliphatic heterocycles. The van der Waals surface area contributed by atoms with Crippen LogP contribution in [-0.2, 0) is 0 Å². The lowest BCUT2D eigenvalue weighted by Crippen LogP contribution is -2.25. The van der Waals surface area contributed by atoms with Crippen LogP contribution >= 0.6 is 0 Å². The number of nitrogens with two attached hydrogens (primary N) is 1. The minimum Gasteiger partial charge on any atom is -0.327 e. The molecule has 2 unspecified atom stereocenters. The van der Waals surface area contributed by atoms with Crippen LogP contribution in [0.15, 0.2) is 6.33 Å². The van der Waals surface area contributed by atoms with Crippen molar-refractivity contribution in [3.8, 4) is 0 Å². The van der Waals surface area contributed by atoms with E-state index in [0.29, 0.717) is 6.04 Å². The van der Waals surface area contributed by atoms with Crippen molar-refractivity contribution in [3.05, 3.63) is 12.2 Å². The zero-order chi connectivity index (χ0) is 10.8. The molecule has 4 nitrogen and oxygen atoms in total. The summed E-state index contributed by atoms with van der Waals surface area (Å²) in [5.41, 5.74) is 5.91. The third-order valence-electron chi connectivity index (χ3n) is 3.51. The maximum atomic E-state index is 5.91. The van der Waals surface area contributed by atoms with Crippen LogP contribution in [0.1, 0.15) is 57.3 Å². The van der Waals surface area contributed by atoms with E-state index in [4.69, 9.17) is 5.73 Å². The van der Waals surface area contributed by atoms with Crippen LogP contribution in [0.5, 0.6) is 0 Å². The van der Waals surface area contributed by atoms with E-state index in [2.05, 4.69) is 21.7 Å². The number of hydrogen-bond acceptors (Lipinski definition) is 3. The van der Waals surface area contributed by atoms with Crippen molar-refractivity contribution in [2.75, 3.05) is 0 Å². The summed E-state index contributed by atoms with van der Waals surface area (Å²) < 4.78 is 2.24. The van der Waals surface area contributed by atoms with Crippen LogP contribution in [0.3, 0.4) is 0 Å². The van der Waals surface area contributed by atoms with E-state index in [-0.39, 0.29) is 12.0 Å².